The Kier molecular flexibility index (Phi) is 3.67. The monoisotopic (exact) mass is 194 g/mol. The zero-order chi connectivity index (χ0) is 10.6. The SMILES string of the molecule is CCC(O)(c1ccccc1)[C@H](C)OC. The van der Waals surface area contributed by atoms with Crippen molar-refractivity contribution in [3.63, 3.8) is 0 Å². The molecule has 0 spiro atoms. The van der Waals surface area contributed by atoms with Gasteiger partial charge in [-0.1, -0.05) is 37.3 Å². The fourth-order valence-corrected chi connectivity index (χ4v) is 1.65. The smallest absolute Gasteiger partial charge is 0.115 e. The molecule has 2 atom stereocenters. The zero-order valence-corrected chi connectivity index (χ0v) is 9.03. The maximum atomic E-state index is 10.4. The van der Waals surface area contributed by atoms with E-state index >= 15 is 0 Å². The van der Waals surface area contributed by atoms with Crippen LogP contribution in [0.2, 0.25) is 0 Å². The standard InChI is InChI=1S/C12H18O2/c1-4-12(13,10(2)14-3)11-8-6-5-7-9-11/h5-10,13H,4H2,1-3H3/t10-,12?/m0/s1. The average molecular weight is 194 g/mol. The molecule has 14 heavy (non-hydrogen) atoms. The Labute approximate surface area is 85.5 Å². The highest BCUT2D eigenvalue weighted by Gasteiger charge is 2.33. The molecule has 78 valence electrons. The van der Waals surface area contributed by atoms with Crippen molar-refractivity contribution >= 4 is 0 Å². The van der Waals surface area contributed by atoms with Crippen molar-refractivity contribution in [2.45, 2.75) is 32.0 Å². The fraction of sp³-hybridized carbons (Fsp3) is 0.500. The Morgan fingerprint density at radius 2 is 1.93 bits per heavy atom. The van der Waals surface area contributed by atoms with Crippen LogP contribution in [0.4, 0.5) is 0 Å². The highest BCUT2D eigenvalue weighted by atomic mass is 16.5. The summed E-state index contributed by atoms with van der Waals surface area (Å²) in [4.78, 5) is 0. The third-order valence-corrected chi connectivity index (χ3v) is 2.84. The van der Waals surface area contributed by atoms with Crippen LogP contribution in [0.15, 0.2) is 30.3 Å². The summed E-state index contributed by atoms with van der Waals surface area (Å²) >= 11 is 0. The molecule has 0 aromatic heterocycles. The third kappa shape index (κ3) is 1.97. The molecule has 0 radical (unpaired) electrons. The summed E-state index contributed by atoms with van der Waals surface area (Å²) in [5, 5.41) is 10.4. The lowest BCUT2D eigenvalue weighted by Crippen LogP contribution is -2.38. The van der Waals surface area contributed by atoms with E-state index in [-0.39, 0.29) is 6.10 Å². The van der Waals surface area contributed by atoms with E-state index in [9.17, 15) is 5.11 Å². The first-order valence-corrected chi connectivity index (χ1v) is 4.95. The van der Waals surface area contributed by atoms with Gasteiger partial charge in [0.2, 0.25) is 0 Å². The summed E-state index contributed by atoms with van der Waals surface area (Å²) < 4.78 is 5.21. The van der Waals surface area contributed by atoms with Crippen molar-refractivity contribution in [2.75, 3.05) is 7.11 Å². The largest absolute Gasteiger partial charge is 0.382 e. The van der Waals surface area contributed by atoms with Crippen molar-refractivity contribution in [2.24, 2.45) is 0 Å². The molecule has 1 aromatic rings. The van der Waals surface area contributed by atoms with Crippen LogP contribution in [0.25, 0.3) is 0 Å². The Morgan fingerprint density at radius 3 is 2.36 bits per heavy atom. The highest BCUT2D eigenvalue weighted by molar-refractivity contribution is 5.23. The summed E-state index contributed by atoms with van der Waals surface area (Å²) in [5.74, 6) is 0. The lowest BCUT2D eigenvalue weighted by molar-refractivity contribution is -0.0923. The first kappa shape index (κ1) is 11.2. The van der Waals surface area contributed by atoms with Gasteiger partial charge in [-0.3, -0.25) is 0 Å². The molecule has 2 nitrogen and oxygen atoms in total. The first-order chi connectivity index (χ1) is 6.65. The van der Waals surface area contributed by atoms with Crippen molar-refractivity contribution in [1.82, 2.24) is 0 Å². The molecule has 0 aliphatic heterocycles. The van der Waals surface area contributed by atoms with E-state index in [1.165, 1.54) is 0 Å². The van der Waals surface area contributed by atoms with Crippen LogP contribution in [0, 0.1) is 0 Å². The second-order valence-electron chi connectivity index (χ2n) is 3.52. The maximum Gasteiger partial charge on any atom is 0.115 e. The van der Waals surface area contributed by atoms with Crippen molar-refractivity contribution in [3.05, 3.63) is 35.9 Å². The Balaban J connectivity index is 3.01. The van der Waals surface area contributed by atoms with E-state index in [4.69, 9.17) is 4.74 Å². The molecule has 2 heteroatoms. The first-order valence-electron chi connectivity index (χ1n) is 4.95. The second kappa shape index (κ2) is 4.58. The van der Waals surface area contributed by atoms with Crippen LogP contribution in [0.1, 0.15) is 25.8 Å². The molecule has 1 N–H and O–H groups in total. The summed E-state index contributed by atoms with van der Waals surface area (Å²) in [5.41, 5.74) is 0.0348. The van der Waals surface area contributed by atoms with Crippen molar-refractivity contribution in [3.8, 4) is 0 Å². The molecule has 0 amide bonds. The number of benzene rings is 1. The maximum absolute atomic E-state index is 10.4. The van der Waals surface area contributed by atoms with Crippen LogP contribution < -0.4 is 0 Å². The van der Waals surface area contributed by atoms with Crippen LogP contribution in [0.5, 0.6) is 0 Å². The molecule has 1 unspecified atom stereocenters. The van der Waals surface area contributed by atoms with Gasteiger partial charge in [0, 0.05) is 7.11 Å². The molecule has 0 aliphatic carbocycles. The number of rotatable bonds is 4. The highest BCUT2D eigenvalue weighted by Crippen LogP contribution is 2.29. The number of ether oxygens (including phenoxy) is 1. The molecule has 0 bridgehead atoms. The van der Waals surface area contributed by atoms with E-state index in [2.05, 4.69) is 0 Å². The Bertz CT molecular complexity index is 271. The number of hydrogen-bond donors (Lipinski definition) is 1. The van der Waals surface area contributed by atoms with Gasteiger partial charge in [0.25, 0.3) is 0 Å². The van der Waals surface area contributed by atoms with Crippen LogP contribution in [0.3, 0.4) is 0 Å². The van der Waals surface area contributed by atoms with Gasteiger partial charge in [-0.25, -0.2) is 0 Å². The molecule has 0 fully saturated rings. The van der Waals surface area contributed by atoms with Gasteiger partial charge in [0.15, 0.2) is 0 Å². The second-order valence-corrected chi connectivity index (χ2v) is 3.52. The minimum atomic E-state index is -0.879. The van der Waals surface area contributed by atoms with E-state index in [0.717, 1.165) is 5.56 Å². The molecule has 0 saturated heterocycles. The molecular formula is C12H18O2. The van der Waals surface area contributed by atoms with Crippen LogP contribution in [-0.2, 0) is 10.3 Å². The summed E-state index contributed by atoms with van der Waals surface area (Å²) in [6, 6.07) is 9.66. The van der Waals surface area contributed by atoms with Crippen LogP contribution in [-0.4, -0.2) is 18.3 Å². The van der Waals surface area contributed by atoms with E-state index < -0.39 is 5.60 Å². The molecule has 1 aromatic carbocycles. The lowest BCUT2D eigenvalue weighted by Gasteiger charge is -2.32. The van der Waals surface area contributed by atoms with E-state index in [0.29, 0.717) is 6.42 Å². The number of aliphatic hydroxyl groups is 1. The van der Waals surface area contributed by atoms with Crippen molar-refractivity contribution in [1.29, 1.82) is 0 Å². The van der Waals surface area contributed by atoms with Gasteiger partial charge in [0.1, 0.15) is 5.60 Å². The molecule has 1 rings (SSSR count). The van der Waals surface area contributed by atoms with Gasteiger partial charge in [-0.15, -0.1) is 0 Å². The predicted molar refractivity (Wildman–Crippen MR) is 57.1 cm³/mol. The fourth-order valence-electron chi connectivity index (χ4n) is 1.65. The van der Waals surface area contributed by atoms with Gasteiger partial charge in [0.05, 0.1) is 6.10 Å². The minimum absolute atomic E-state index is 0.199. The third-order valence-electron chi connectivity index (χ3n) is 2.84. The van der Waals surface area contributed by atoms with Gasteiger partial charge >= 0.3 is 0 Å². The summed E-state index contributed by atoms with van der Waals surface area (Å²) in [7, 11) is 1.62. The topological polar surface area (TPSA) is 29.5 Å². The van der Waals surface area contributed by atoms with Crippen LogP contribution >= 0.6 is 0 Å². The summed E-state index contributed by atoms with van der Waals surface area (Å²) in [6.45, 7) is 3.85. The Hall–Kier alpha value is -0.860. The minimum Gasteiger partial charge on any atom is -0.382 e. The lowest BCUT2D eigenvalue weighted by atomic mass is 9.86. The van der Waals surface area contributed by atoms with Gasteiger partial charge in [-0.05, 0) is 18.9 Å². The van der Waals surface area contributed by atoms with Crippen molar-refractivity contribution < 1.29 is 9.84 Å². The van der Waals surface area contributed by atoms with Gasteiger partial charge in [-0.2, -0.15) is 0 Å². The van der Waals surface area contributed by atoms with Gasteiger partial charge < -0.3 is 9.84 Å². The molecule has 0 heterocycles. The van der Waals surface area contributed by atoms with E-state index in [1.807, 2.05) is 44.2 Å². The number of hydrogen-bond acceptors (Lipinski definition) is 2. The molecule has 0 aliphatic rings. The molecular weight excluding hydrogens is 176 g/mol. The van der Waals surface area contributed by atoms with E-state index in [1.54, 1.807) is 7.11 Å². The predicted octanol–water partition coefficient (Wildman–Crippen LogP) is 2.32. The average Bonchev–Trinajstić information content (AvgIpc) is 2.28. The molecule has 0 saturated carbocycles. The normalized spacial score (nSPS) is 17.4. The number of methoxy groups -OCH3 is 1. The zero-order valence-electron chi connectivity index (χ0n) is 9.03. The summed E-state index contributed by atoms with van der Waals surface area (Å²) in [6.07, 6.45) is 0.446. The Morgan fingerprint density at radius 1 is 1.36 bits per heavy atom. The quantitative estimate of drug-likeness (QED) is 0.797.